The minimum atomic E-state index is -1.46. The summed E-state index contributed by atoms with van der Waals surface area (Å²) in [6.45, 7) is 13.3. The Morgan fingerprint density at radius 2 is 1.84 bits per heavy atom. The number of hydrogen-bond acceptors (Lipinski definition) is 2. The average molecular weight is 276 g/mol. The lowest BCUT2D eigenvalue weighted by Gasteiger charge is -2.31. The van der Waals surface area contributed by atoms with Crippen molar-refractivity contribution in [3.63, 3.8) is 0 Å². The number of methoxy groups -OCH3 is 1. The number of rotatable bonds is 2. The summed E-state index contributed by atoms with van der Waals surface area (Å²) < 4.78 is 11.8. The second-order valence-corrected chi connectivity index (χ2v) is 11.8. The monoisotopic (exact) mass is 276 g/mol. The highest BCUT2D eigenvalue weighted by molar-refractivity contribution is 6.89. The Hall–Kier alpha value is -1.22. The lowest BCUT2D eigenvalue weighted by Crippen LogP contribution is -2.40. The maximum absolute atomic E-state index is 6.12. The highest BCUT2D eigenvalue weighted by Gasteiger charge is 2.29. The van der Waals surface area contributed by atoms with Crippen LogP contribution < -0.4 is 14.7 Å². The minimum absolute atomic E-state index is 0.231. The fraction of sp³-hybridized carbons (Fsp3) is 0.500. The van der Waals surface area contributed by atoms with E-state index in [0.29, 0.717) is 0 Å². The summed E-state index contributed by atoms with van der Waals surface area (Å²) in [6, 6.07) is 2.19. The molecule has 0 spiro atoms. The van der Waals surface area contributed by atoms with Crippen LogP contribution in [-0.2, 0) is 0 Å². The van der Waals surface area contributed by atoms with Gasteiger partial charge in [-0.15, -0.1) is 0 Å². The Balaban J connectivity index is 2.69. The van der Waals surface area contributed by atoms with Crippen molar-refractivity contribution in [2.24, 2.45) is 0 Å². The quantitative estimate of drug-likeness (QED) is 0.766. The van der Waals surface area contributed by atoms with Gasteiger partial charge in [0.15, 0.2) is 0 Å². The summed E-state index contributed by atoms with van der Waals surface area (Å²) >= 11 is 0. The zero-order valence-electron chi connectivity index (χ0n) is 13.0. The van der Waals surface area contributed by atoms with Crippen LogP contribution in [0.4, 0.5) is 0 Å². The van der Waals surface area contributed by atoms with E-state index in [4.69, 9.17) is 9.47 Å². The standard InChI is InChI=1S/C16H24O2Si/c1-11-12-8-9-16(2,3)18-13(12)10-14(15(11)17-4)19(5,6)7/h8-10H,1-7H3. The summed E-state index contributed by atoms with van der Waals surface area (Å²) in [6.07, 6.45) is 4.26. The van der Waals surface area contributed by atoms with E-state index in [1.165, 1.54) is 10.8 Å². The van der Waals surface area contributed by atoms with E-state index in [1.54, 1.807) is 7.11 Å². The van der Waals surface area contributed by atoms with Crippen LogP contribution in [0.25, 0.3) is 6.08 Å². The molecule has 3 heteroatoms. The molecule has 0 radical (unpaired) electrons. The third-order valence-electron chi connectivity index (χ3n) is 3.57. The van der Waals surface area contributed by atoms with Crippen molar-refractivity contribution in [1.82, 2.24) is 0 Å². The van der Waals surface area contributed by atoms with Gasteiger partial charge in [-0.05, 0) is 38.1 Å². The second kappa shape index (κ2) is 4.41. The van der Waals surface area contributed by atoms with E-state index in [1.807, 2.05) is 0 Å². The molecule has 0 N–H and O–H groups in total. The van der Waals surface area contributed by atoms with Crippen LogP contribution in [0.1, 0.15) is 25.0 Å². The van der Waals surface area contributed by atoms with Crippen molar-refractivity contribution in [3.05, 3.63) is 23.3 Å². The van der Waals surface area contributed by atoms with Crippen LogP contribution in [-0.4, -0.2) is 20.8 Å². The Bertz CT molecular complexity index is 537. The molecular weight excluding hydrogens is 252 g/mol. The van der Waals surface area contributed by atoms with Crippen molar-refractivity contribution in [2.75, 3.05) is 7.11 Å². The Kier molecular flexibility index (Phi) is 3.29. The summed E-state index contributed by atoms with van der Waals surface area (Å²) in [5.74, 6) is 2.02. The molecule has 1 heterocycles. The molecule has 0 amide bonds. The molecule has 19 heavy (non-hydrogen) atoms. The first kappa shape index (κ1) is 14.2. The first-order chi connectivity index (χ1) is 8.65. The Labute approximate surface area is 117 Å². The second-order valence-electron chi connectivity index (χ2n) is 6.78. The van der Waals surface area contributed by atoms with Crippen LogP contribution >= 0.6 is 0 Å². The topological polar surface area (TPSA) is 18.5 Å². The number of benzene rings is 1. The van der Waals surface area contributed by atoms with Gasteiger partial charge in [0.2, 0.25) is 0 Å². The van der Waals surface area contributed by atoms with E-state index in [-0.39, 0.29) is 5.60 Å². The summed E-state index contributed by atoms with van der Waals surface area (Å²) in [4.78, 5) is 0. The van der Waals surface area contributed by atoms with E-state index in [0.717, 1.165) is 17.1 Å². The zero-order chi connectivity index (χ0) is 14.4. The molecule has 0 fully saturated rings. The molecule has 2 rings (SSSR count). The van der Waals surface area contributed by atoms with Crippen molar-refractivity contribution in [2.45, 2.75) is 46.0 Å². The SMILES string of the molecule is COc1c([Si](C)(C)C)cc2c(c1C)C=CC(C)(C)O2. The number of fused-ring (bicyclic) bond motifs is 1. The molecule has 0 unspecified atom stereocenters. The third-order valence-corrected chi connectivity index (χ3v) is 5.55. The summed E-state index contributed by atoms with van der Waals surface area (Å²) in [7, 11) is 0.295. The van der Waals surface area contributed by atoms with Crippen LogP contribution in [0.3, 0.4) is 0 Å². The maximum Gasteiger partial charge on any atom is 0.128 e. The van der Waals surface area contributed by atoms with Crippen molar-refractivity contribution >= 4 is 19.3 Å². The number of ether oxygens (including phenoxy) is 2. The number of hydrogen-bond donors (Lipinski definition) is 0. The first-order valence-electron chi connectivity index (χ1n) is 6.76. The van der Waals surface area contributed by atoms with Crippen LogP contribution in [0.5, 0.6) is 11.5 Å². The molecule has 1 aliphatic rings. The van der Waals surface area contributed by atoms with Gasteiger partial charge in [0.25, 0.3) is 0 Å². The van der Waals surface area contributed by atoms with Gasteiger partial charge in [0.1, 0.15) is 17.1 Å². The molecule has 0 saturated heterocycles. The van der Waals surface area contributed by atoms with Crippen LogP contribution in [0.2, 0.25) is 19.6 Å². The normalized spacial score (nSPS) is 16.8. The fourth-order valence-electron chi connectivity index (χ4n) is 2.50. The van der Waals surface area contributed by atoms with Crippen molar-refractivity contribution in [3.8, 4) is 11.5 Å². The molecule has 0 atom stereocenters. The van der Waals surface area contributed by atoms with Gasteiger partial charge in [-0.25, -0.2) is 0 Å². The summed E-state index contributed by atoms with van der Waals surface area (Å²) in [5, 5.41) is 1.33. The van der Waals surface area contributed by atoms with Gasteiger partial charge in [-0.3, -0.25) is 0 Å². The predicted octanol–water partition coefficient (Wildman–Crippen LogP) is 3.73. The molecular formula is C16H24O2Si. The lowest BCUT2D eigenvalue weighted by atomic mass is 9.98. The molecule has 1 aliphatic heterocycles. The Morgan fingerprint density at radius 3 is 2.37 bits per heavy atom. The molecule has 104 valence electrons. The smallest absolute Gasteiger partial charge is 0.128 e. The van der Waals surface area contributed by atoms with Gasteiger partial charge >= 0.3 is 0 Å². The van der Waals surface area contributed by atoms with E-state index in [2.05, 4.69) is 58.6 Å². The molecule has 1 aromatic rings. The van der Waals surface area contributed by atoms with Gasteiger partial charge < -0.3 is 9.47 Å². The zero-order valence-corrected chi connectivity index (χ0v) is 14.0. The molecule has 0 saturated carbocycles. The molecule has 0 aromatic heterocycles. The minimum Gasteiger partial charge on any atom is -0.497 e. The van der Waals surface area contributed by atoms with E-state index < -0.39 is 8.07 Å². The van der Waals surface area contributed by atoms with Crippen LogP contribution in [0.15, 0.2) is 12.1 Å². The van der Waals surface area contributed by atoms with Gasteiger partial charge in [0, 0.05) is 11.1 Å². The fourth-order valence-corrected chi connectivity index (χ4v) is 4.03. The highest BCUT2D eigenvalue weighted by atomic mass is 28.3. The summed E-state index contributed by atoms with van der Waals surface area (Å²) in [5.41, 5.74) is 2.10. The molecule has 0 bridgehead atoms. The molecule has 2 nitrogen and oxygen atoms in total. The van der Waals surface area contributed by atoms with Crippen molar-refractivity contribution < 1.29 is 9.47 Å². The van der Waals surface area contributed by atoms with Crippen LogP contribution in [0, 0.1) is 6.92 Å². The van der Waals surface area contributed by atoms with E-state index >= 15 is 0 Å². The highest BCUT2D eigenvalue weighted by Crippen LogP contribution is 2.36. The average Bonchev–Trinajstić information content (AvgIpc) is 2.25. The van der Waals surface area contributed by atoms with E-state index in [9.17, 15) is 0 Å². The maximum atomic E-state index is 6.12. The molecule has 1 aromatic carbocycles. The third kappa shape index (κ3) is 2.57. The van der Waals surface area contributed by atoms with Gasteiger partial charge in [-0.2, -0.15) is 0 Å². The first-order valence-corrected chi connectivity index (χ1v) is 10.3. The van der Waals surface area contributed by atoms with Crippen molar-refractivity contribution in [1.29, 1.82) is 0 Å². The predicted molar refractivity (Wildman–Crippen MR) is 84.5 cm³/mol. The van der Waals surface area contributed by atoms with Gasteiger partial charge in [0.05, 0.1) is 15.2 Å². The van der Waals surface area contributed by atoms with Gasteiger partial charge in [-0.1, -0.05) is 25.7 Å². The Morgan fingerprint density at radius 1 is 1.21 bits per heavy atom. The lowest BCUT2D eigenvalue weighted by molar-refractivity contribution is 0.159. The molecule has 0 aliphatic carbocycles. The largest absolute Gasteiger partial charge is 0.497 e.